The van der Waals surface area contributed by atoms with Crippen molar-refractivity contribution in [2.75, 3.05) is 13.1 Å². The van der Waals surface area contributed by atoms with Gasteiger partial charge in [0.15, 0.2) is 0 Å². The molecule has 4 heteroatoms. The first kappa shape index (κ1) is 14.3. The Bertz CT molecular complexity index is 417. The Labute approximate surface area is 115 Å². The van der Waals surface area contributed by atoms with Gasteiger partial charge in [-0.05, 0) is 37.8 Å². The molecule has 0 atom stereocenters. The van der Waals surface area contributed by atoms with E-state index in [0.29, 0.717) is 12.5 Å². The van der Waals surface area contributed by atoms with Gasteiger partial charge in [0.1, 0.15) is 5.83 Å². The average Bonchev–Trinajstić information content (AvgIpc) is 2.65. The number of rotatable bonds is 3. The topological polar surface area (TPSA) is 32.5 Å². The van der Waals surface area contributed by atoms with E-state index in [-0.39, 0.29) is 5.83 Å². The van der Waals surface area contributed by atoms with E-state index in [0.717, 1.165) is 43.7 Å². The van der Waals surface area contributed by atoms with E-state index in [9.17, 15) is 4.39 Å². The predicted octanol–water partition coefficient (Wildman–Crippen LogP) is 3.08. The van der Waals surface area contributed by atoms with Gasteiger partial charge in [-0.25, -0.2) is 9.40 Å². The fourth-order valence-electron chi connectivity index (χ4n) is 2.90. The summed E-state index contributed by atoms with van der Waals surface area (Å²) in [6.45, 7) is 9.83. The number of hydrazine groups is 1. The molecule has 0 unspecified atom stereocenters. The first-order chi connectivity index (χ1) is 9.02. The minimum Gasteiger partial charge on any atom is -0.342 e. The van der Waals surface area contributed by atoms with Crippen LogP contribution in [0.25, 0.3) is 0 Å². The first-order valence-electron chi connectivity index (χ1n) is 7.05. The highest BCUT2D eigenvalue weighted by Gasteiger charge is 2.31. The molecule has 2 rings (SSSR count). The summed E-state index contributed by atoms with van der Waals surface area (Å²) in [6, 6.07) is 0.403. The van der Waals surface area contributed by atoms with Crippen LogP contribution in [0.2, 0.25) is 0 Å². The minimum atomic E-state index is -0.0645. The molecule has 1 fully saturated rings. The van der Waals surface area contributed by atoms with E-state index in [1.165, 1.54) is 5.57 Å². The van der Waals surface area contributed by atoms with Crippen LogP contribution in [0.4, 0.5) is 4.39 Å². The average molecular weight is 265 g/mol. The highest BCUT2D eigenvalue weighted by molar-refractivity contribution is 5.37. The van der Waals surface area contributed by atoms with Crippen LogP contribution in [-0.4, -0.2) is 29.0 Å². The summed E-state index contributed by atoms with van der Waals surface area (Å²) in [5, 5.41) is 1.86. The summed E-state index contributed by atoms with van der Waals surface area (Å²) in [5.74, 6) is 5.74. The third kappa shape index (κ3) is 3.07. The Morgan fingerprint density at radius 1 is 1.47 bits per heavy atom. The van der Waals surface area contributed by atoms with Gasteiger partial charge in [-0.2, -0.15) is 0 Å². The second-order valence-corrected chi connectivity index (χ2v) is 5.49. The lowest BCUT2D eigenvalue weighted by molar-refractivity contribution is 0.158. The first-order valence-corrected chi connectivity index (χ1v) is 7.05. The molecule has 1 saturated heterocycles. The Hall–Kier alpha value is -1.13. The van der Waals surface area contributed by atoms with E-state index in [1.807, 2.05) is 11.9 Å². The summed E-state index contributed by atoms with van der Waals surface area (Å²) in [4.78, 5) is 2.23. The molecule has 0 aromatic heterocycles. The summed E-state index contributed by atoms with van der Waals surface area (Å²) in [6.07, 6.45) is 4.99. The molecule has 0 bridgehead atoms. The van der Waals surface area contributed by atoms with Crippen molar-refractivity contribution < 1.29 is 4.39 Å². The monoisotopic (exact) mass is 265 g/mol. The van der Waals surface area contributed by atoms with E-state index >= 15 is 0 Å². The van der Waals surface area contributed by atoms with Crippen molar-refractivity contribution in [1.29, 1.82) is 0 Å². The predicted molar refractivity (Wildman–Crippen MR) is 76.6 cm³/mol. The van der Waals surface area contributed by atoms with Crippen molar-refractivity contribution in [3.8, 4) is 0 Å². The normalized spacial score (nSPS) is 23.7. The molecule has 19 heavy (non-hydrogen) atoms. The van der Waals surface area contributed by atoms with Gasteiger partial charge in [0.05, 0.1) is 0 Å². The van der Waals surface area contributed by atoms with E-state index in [4.69, 9.17) is 5.84 Å². The molecule has 3 nitrogen and oxygen atoms in total. The molecule has 2 aliphatic rings. The summed E-state index contributed by atoms with van der Waals surface area (Å²) in [5.41, 5.74) is 3.31. The Morgan fingerprint density at radius 2 is 2.11 bits per heavy atom. The summed E-state index contributed by atoms with van der Waals surface area (Å²) >= 11 is 0. The molecule has 0 aromatic carbocycles. The second kappa shape index (κ2) is 5.88. The largest absolute Gasteiger partial charge is 0.342 e. The van der Waals surface area contributed by atoms with Crippen LogP contribution < -0.4 is 5.84 Å². The molecule has 106 valence electrons. The molecule has 0 radical (unpaired) electrons. The molecule has 2 N–H and O–H groups in total. The number of hydrogen-bond donors (Lipinski definition) is 1. The van der Waals surface area contributed by atoms with Gasteiger partial charge < -0.3 is 4.90 Å². The Morgan fingerprint density at radius 3 is 2.68 bits per heavy atom. The summed E-state index contributed by atoms with van der Waals surface area (Å²) in [7, 11) is 0. The fraction of sp³-hybridized carbons (Fsp3) is 0.600. The number of piperidine rings is 1. The SMILES string of the molecule is C=C1CC(C)=C(/C=C(/F)CC)N1C1CCN(N)CC1. The third-order valence-electron chi connectivity index (χ3n) is 4.00. The van der Waals surface area contributed by atoms with Crippen molar-refractivity contribution in [3.05, 3.63) is 35.4 Å². The van der Waals surface area contributed by atoms with Crippen LogP contribution in [0.15, 0.2) is 35.4 Å². The van der Waals surface area contributed by atoms with Gasteiger partial charge in [0.25, 0.3) is 0 Å². The van der Waals surface area contributed by atoms with Gasteiger partial charge in [-0.15, -0.1) is 0 Å². The lowest BCUT2D eigenvalue weighted by Gasteiger charge is -2.37. The number of nitrogens with two attached hydrogens (primary N) is 1. The van der Waals surface area contributed by atoms with Crippen LogP contribution in [-0.2, 0) is 0 Å². The highest BCUT2D eigenvalue weighted by atomic mass is 19.1. The van der Waals surface area contributed by atoms with Gasteiger partial charge in [0, 0.05) is 36.9 Å². The van der Waals surface area contributed by atoms with Crippen molar-refractivity contribution in [2.45, 2.75) is 45.6 Å². The van der Waals surface area contributed by atoms with E-state index in [1.54, 1.807) is 6.08 Å². The smallest absolute Gasteiger partial charge is 0.102 e. The third-order valence-corrected chi connectivity index (χ3v) is 4.00. The van der Waals surface area contributed by atoms with Gasteiger partial charge in [-0.3, -0.25) is 5.84 Å². The summed E-state index contributed by atoms with van der Waals surface area (Å²) < 4.78 is 13.6. The van der Waals surface area contributed by atoms with Gasteiger partial charge >= 0.3 is 0 Å². The molecular weight excluding hydrogens is 241 g/mol. The zero-order valence-corrected chi connectivity index (χ0v) is 12.0. The van der Waals surface area contributed by atoms with Gasteiger partial charge in [-0.1, -0.05) is 13.5 Å². The lowest BCUT2D eigenvalue weighted by atomic mass is 10.0. The van der Waals surface area contributed by atoms with Crippen LogP contribution in [0.3, 0.4) is 0 Å². The maximum atomic E-state index is 13.6. The van der Waals surface area contributed by atoms with Crippen LogP contribution >= 0.6 is 0 Å². The van der Waals surface area contributed by atoms with Crippen LogP contribution in [0.1, 0.15) is 39.5 Å². The molecule has 0 aromatic rings. The molecule has 0 saturated carbocycles. The van der Waals surface area contributed by atoms with Crippen LogP contribution in [0.5, 0.6) is 0 Å². The maximum Gasteiger partial charge on any atom is 0.102 e. The minimum absolute atomic E-state index is 0.0645. The second-order valence-electron chi connectivity index (χ2n) is 5.49. The zero-order valence-electron chi connectivity index (χ0n) is 12.0. The van der Waals surface area contributed by atoms with E-state index < -0.39 is 0 Å². The van der Waals surface area contributed by atoms with Crippen molar-refractivity contribution in [3.63, 3.8) is 0 Å². The van der Waals surface area contributed by atoms with E-state index in [2.05, 4.69) is 18.4 Å². The molecule has 0 aliphatic carbocycles. The number of hydrogen-bond acceptors (Lipinski definition) is 3. The molecule has 2 heterocycles. The molecular formula is C15H24FN3. The standard InChI is InChI=1S/C15H24FN3/c1-4-13(16)10-15-11(2)9-12(3)19(15)14-5-7-18(17)8-6-14/h10,14H,3-9,17H2,1-2H3/b13-10+. The Balaban J connectivity index is 2.19. The number of halogens is 1. The van der Waals surface area contributed by atoms with Crippen molar-refractivity contribution >= 4 is 0 Å². The van der Waals surface area contributed by atoms with Crippen molar-refractivity contribution in [1.82, 2.24) is 9.91 Å². The van der Waals surface area contributed by atoms with Gasteiger partial charge in [0.2, 0.25) is 0 Å². The highest BCUT2D eigenvalue weighted by Crippen LogP contribution is 2.36. The zero-order chi connectivity index (χ0) is 14.0. The Kier molecular flexibility index (Phi) is 4.42. The molecule has 0 spiro atoms. The number of allylic oxidation sites excluding steroid dienone is 3. The van der Waals surface area contributed by atoms with Crippen LogP contribution in [0, 0.1) is 0 Å². The quantitative estimate of drug-likeness (QED) is 0.796. The molecule has 2 aliphatic heterocycles. The number of nitrogens with zero attached hydrogens (tertiary/aromatic N) is 2. The van der Waals surface area contributed by atoms with Crippen molar-refractivity contribution in [2.24, 2.45) is 5.84 Å². The maximum absolute atomic E-state index is 13.6. The lowest BCUT2D eigenvalue weighted by Crippen LogP contribution is -2.45. The molecule has 0 amide bonds. The fourth-order valence-corrected chi connectivity index (χ4v) is 2.90.